The first-order chi connectivity index (χ1) is 18.2. The molecule has 0 saturated carbocycles. The zero-order chi connectivity index (χ0) is 27.6. The van der Waals surface area contributed by atoms with Crippen LogP contribution in [0.15, 0.2) is 61.9 Å². The number of fused-ring (bicyclic) bond motifs is 1. The summed E-state index contributed by atoms with van der Waals surface area (Å²) in [6.45, 7) is 5.84. The number of thiazole rings is 1. The normalized spacial score (nSPS) is 15.1. The maximum Gasteiger partial charge on any atom is 0.338 e. The summed E-state index contributed by atoms with van der Waals surface area (Å²) in [5, 5.41) is 11.0. The van der Waals surface area contributed by atoms with Crippen LogP contribution in [0.4, 0.5) is 5.69 Å². The van der Waals surface area contributed by atoms with Gasteiger partial charge in [-0.25, -0.2) is 9.79 Å². The summed E-state index contributed by atoms with van der Waals surface area (Å²) in [6.07, 6.45) is 1.64. The van der Waals surface area contributed by atoms with Gasteiger partial charge in [0.1, 0.15) is 0 Å². The number of hydrogen-bond acceptors (Lipinski definition) is 9. The average Bonchev–Trinajstić information content (AvgIpc) is 3.18. The van der Waals surface area contributed by atoms with E-state index in [9.17, 15) is 19.7 Å². The molecule has 2 heterocycles. The minimum atomic E-state index is -0.858. The van der Waals surface area contributed by atoms with Crippen molar-refractivity contribution >= 4 is 45.0 Å². The van der Waals surface area contributed by atoms with E-state index in [0.29, 0.717) is 48.7 Å². The van der Waals surface area contributed by atoms with Crippen LogP contribution in [0.3, 0.4) is 0 Å². The van der Waals surface area contributed by atoms with E-state index in [1.807, 2.05) is 6.92 Å². The molecular formula is C26H24BrN3O7S. The lowest BCUT2D eigenvalue weighted by atomic mass is 9.95. The number of nitro groups is 1. The molecule has 0 bridgehead atoms. The minimum Gasteiger partial charge on any atom is -0.493 e. The van der Waals surface area contributed by atoms with Crippen molar-refractivity contribution in [2.45, 2.75) is 26.8 Å². The Morgan fingerprint density at radius 1 is 1.21 bits per heavy atom. The van der Waals surface area contributed by atoms with Crippen LogP contribution >= 0.6 is 27.3 Å². The molecule has 1 aromatic heterocycles. The number of nitro benzene ring substituents is 1. The van der Waals surface area contributed by atoms with Crippen molar-refractivity contribution in [3.8, 4) is 11.5 Å². The Morgan fingerprint density at radius 3 is 2.53 bits per heavy atom. The summed E-state index contributed by atoms with van der Waals surface area (Å²) in [5.41, 5.74) is 1.44. The Morgan fingerprint density at radius 2 is 1.92 bits per heavy atom. The van der Waals surface area contributed by atoms with Gasteiger partial charge in [0.25, 0.3) is 11.2 Å². The molecule has 3 aromatic rings. The zero-order valence-electron chi connectivity index (χ0n) is 21.0. The largest absolute Gasteiger partial charge is 0.493 e. The topological polar surface area (TPSA) is 122 Å². The molecule has 0 radical (unpaired) electrons. The van der Waals surface area contributed by atoms with Gasteiger partial charge in [-0.3, -0.25) is 19.5 Å². The molecular weight excluding hydrogens is 578 g/mol. The highest BCUT2D eigenvalue weighted by Crippen LogP contribution is 2.41. The number of halogens is 1. The number of esters is 1. The molecule has 2 aromatic carbocycles. The molecule has 0 N–H and O–H groups in total. The smallest absolute Gasteiger partial charge is 0.338 e. The van der Waals surface area contributed by atoms with Crippen molar-refractivity contribution in [2.75, 3.05) is 20.3 Å². The van der Waals surface area contributed by atoms with E-state index in [0.717, 1.165) is 11.3 Å². The number of methoxy groups -OCH3 is 1. The predicted molar refractivity (Wildman–Crippen MR) is 145 cm³/mol. The lowest BCUT2D eigenvalue weighted by Gasteiger charge is -2.26. The van der Waals surface area contributed by atoms with Crippen LogP contribution in [0, 0.1) is 10.1 Å². The van der Waals surface area contributed by atoms with Gasteiger partial charge < -0.3 is 14.2 Å². The second kappa shape index (κ2) is 11.3. The lowest BCUT2D eigenvalue weighted by molar-refractivity contribution is -0.384. The number of benzene rings is 2. The first-order valence-corrected chi connectivity index (χ1v) is 13.2. The fourth-order valence-corrected chi connectivity index (χ4v) is 5.70. The number of rotatable bonds is 8. The minimum absolute atomic E-state index is 0.0485. The summed E-state index contributed by atoms with van der Waals surface area (Å²) in [7, 11) is 1.51. The molecule has 0 aliphatic carbocycles. The van der Waals surface area contributed by atoms with Crippen molar-refractivity contribution in [2.24, 2.45) is 4.99 Å². The summed E-state index contributed by atoms with van der Waals surface area (Å²) in [4.78, 5) is 42.4. The van der Waals surface area contributed by atoms with E-state index in [4.69, 9.17) is 14.2 Å². The molecule has 0 spiro atoms. The molecule has 0 unspecified atom stereocenters. The molecule has 1 atom stereocenters. The van der Waals surface area contributed by atoms with Gasteiger partial charge in [0.05, 0.1) is 47.1 Å². The predicted octanol–water partition coefficient (Wildman–Crippen LogP) is 3.88. The van der Waals surface area contributed by atoms with E-state index >= 15 is 0 Å². The number of hydrogen-bond donors (Lipinski definition) is 0. The maximum absolute atomic E-state index is 13.8. The van der Waals surface area contributed by atoms with E-state index in [1.54, 1.807) is 44.2 Å². The number of allylic oxidation sites excluding steroid dienone is 1. The van der Waals surface area contributed by atoms with E-state index < -0.39 is 16.9 Å². The van der Waals surface area contributed by atoms with E-state index in [2.05, 4.69) is 20.9 Å². The molecule has 198 valence electrons. The number of aromatic nitrogens is 1. The number of non-ortho nitro benzene ring substituents is 1. The van der Waals surface area contributed by atoms with Gasteiger partial charge in [0.2, 0.25) is 0 Å². The Labute approximate surface area is 229 Å². The Balaban J connectivity index is 1.96. The fraction of sp³-hybridized carbons (Fsp3) is 0.269. The van der Waals surface area contributed by atoms with Crippen LogP contribution in [-0.2, 0) is 9.53 Å². The first-order valence-electron chi connectivity index (χ1n) is 11.6. The first kappa shape index (κ1) is 27.3. The molecule has 4 rings (SSSR count). The third-order valence-corrected chi connectivity index (χ3v) is 7.47. The van der Waals surface area contributed by atoms with Gasteiger partial charge in [-0.05, 0) is 62.2 Å². The van der Waals surface area contributed by atoms with Crippen LogP contribution in [0.25, 0.3) is 6.08 Å². The second-order valence-corrected chi connectivity index (χ2v) is 9.97. The van der Waals surface area contributed by atoms with Crippen LogP contribution in [0.5, 0.6) is 11.5 Å². The van der Waals surface area contributed by atoms with Gasteiger partial charge in [-0.15, -0.1) is 0 Å². The summed E-state index contributed by atoms with van der Waals surface area (Å²) in [5.74, 6) is 0.369. The molecule has 38 heavy (non-hydrogen) atoms. The van der Waals surface area contributed by atoms with Gasteiger partial charge in [-0.2, -0.15) is 0 Å². The van der Waals surface area contributed by atoms with Gasteiger partial charge >= 0.3 is 5.97 Å². The highest BCUT2D eigenvalue weighted by atomic mass is 79.9. The van der Waals surface area contributed by atoms with Crippen molar-refractivity contribution in [1.82, 2.24) is 4.57 Å². The van der Waals surface area contributed by atoms with Crippen LogP contribution in [0.2, 0.25) is 0 Å². The van der Waals surface area contributed by atoms with Crippen molar-refractivity contribution < 1.29 is 23.9 Å². The molecule has 12 heteroatoms. The number of ether oxygens (including phenoxy) is 3. The second-order valence-electron chi connectivity index (χ2n) is 8.11. The quantitative estimate of drug-likeness (QED) is 0.218. The number of carbonyl (C=O) groups is 1. The van der Waals surface area contributed by atoms with E-state index in [-0.39, 0.29) is 23.4 Å². The molecule has 1 aliphatic heterocycles. The summed E-state index contributed by atoms with van der Waals surface area (Å²) >= 11 is 4.75. The van der Waals surface area contributed by atoms with Crippen LogP contribution < -0.4 is 24.4 Å². The molecule has 10 nitrogen and oxygen atoms in total. The molecule has 1 aliphatic rings. The number of carbonyl (C=O) groups excluding carboxylic acids is 1. The van der Waals surface area contributed by atoms with Crippen molar-refractivity contribution in [1.29, 1.82) is 0 Å². The maximum atomic E-state index is 13.8. The van der Waals surface area contributed by atoms with Gasteiger partial charge in [-0.1, -0.05) is 27.3 Å². The fourth-order valence-electron chi connectivity index (χ4n) is 4.12. The summed E-state index contributed by atoms with van der Waals surface area (Å²) < 4.78 is 19.0. The van der Waals surface area contributed by atoms with Gasteiger partial charge in [0, 0.05) is 16.6 Å². The SMILES string of the molecule is CCOC(=O)C1=C(C)N=c2s/c(=C/c3ccc([N+](=O)[O-])cc3)c(=O)n2[C@H]1c1cc(OC)c(OCC)cc1Br. The highest BCUT2D eigenvalue weighted by Gasteiger charge is 2.35. The highest BCUT2D eigenvalue weighted by molar-refractivity contribution is 9.10. The summed E-state index contributed by atoms with van der Waals surface area (Å²) in [6, 6.07) is 8.49. The van der Waals surface area contributed by atoms with Gasteiger partial charge in [0.15, 0.2) is 16.3 Å². The van der Waals surface area contributed by atoms with E-state index in [1.165, 1.54) is 23.8 Å². The Hall–Kier alpha value is -3.77. The Bertz CT molecular complexity index is 1620. The third kappa shape index (κ3) is 5.14. The lowest BCUT2D eigenvalue weighted by Crippen LogP contribution is -2.40. The number of nitrogens with zero attached hydrogens (tertiary/aromatic N) is 3. The third-order valence-electron chi connectivity index (χ3n) is 5.80. The molecule has 0 amide bonds. The van der Waals surface area contributed by atoms with Crippen molar-refractivity contribution in [3.63, 3.8) is 0 Å². The molecule has 0 saturated heterocycles. The average molecular weight is 602 g/mol. The Kier molecular flexibility index (Phi) is 8.12. The van der Waals surface area contributed by atoms with Crippen molar-refractivity contribution in [3.05, 3.63) is 93.1 Å². The monoisotopic (exact) mass is 601 g/mol. The standard InChI is InChI=1S/C26H24BrN3O7S/c1-5-36-20-13-18(27)17(12-19(20)35-4)23-22(25(32)37-6-2)14(3)28-26-29(23)24(31)21(38-26)11-15-7-9-16(10-8-15)30(33)34/h7-13,23H,5-6H2,1-4H3/b21-11+/t23-/m0/s1. The molecule has 0 fully saturated rings. The van der Waals surface area contributed by atoms with Crippen LogP contribution in [-0.4, -0.2) is 35.8 Å². The van der Waals surface area contributed by atoms with Crippen LogP contribution in [0.1, 0.15) is 37.9 Å². The zero-order valence-corrected chi connectivity index (χ0v) is 23.4.